The molecule has 0 saturated carbocycles. The van der Waals surface area contributed by atoms with E-state index in [-0.39, 0.29) is 17.3 Å². The Kier molecular flexibility index (Phi) is 4.03. The van der Waals surface area contributed by atoms with E-state index < -0.39 is 10.9 Å². The van der Waals surface area contributed by atoms with Gasteiger partial charge < -0.3 is 4.74 Å². The Morgan fingerprint density at radius 1 is 1.17 bits per heavy atom. The third-order valence-corrected chi connectivity index (χ3v) is 3.63. The van der Waals surface area contributed by atoms with Crippen LogP contribution in [0.4, 0.5) is 5.69 Å². The van der Waals surface area contributed by atoms with E-state index in [0.717, 1.165) is 10.0 Å². The lowest BCUT2D eigenvalue weighted by Gasteiger charge is -1.98. The van der Waals surface area contributed by atoms with Crippen molar-refractivity contribution in [3.63, 3.8) is 0 Å². The minimum Gasteiger partial charge on any atom is -0.402 e. The molecule has 0 N–H and O–H groups in total. The van der Waals surface area contributed by atoms with Crippen LogP contribution in [0.1, 0.15) is 11.1 Å². The quantitative estimate of drug-likeness (QED) is 0.356. The fourth-order valence-electron chi connectivity index (χ4n) is 2.00. The average molecular weight is 373 g/mol. The summed E-state index contributed by atoms with van der Waals surface area (Å²) in [7, 11) is 0. The predicted molar refractivity (Wildman–Crippen MR) is 87.8 cm³/mol. The highest BCUT2D eigenvalue weighted by Crippen LogP contribution is 2.22. The average Bonchev–Trinajstić information content (AvgIpc) is 2.91. The maximum atomic E-state index is 11.9. The van der Waals surface area contributed by atoms with Crippen molar-refractivity contribution < 1.29 is 14.5 Å². The number of aliphatic imine (C=N–C) groups is 1. The number of nitro benzene ring substituents is 1. The molecule has 0 atom stereocenters. The SMILES string of the molecule is O=C1OC(c2cccc([N+](=O)[O-])c2)=N/C1=C\c1ccc(Br)cc1. The first-order valence-electron chi connectivity index (χ1n) is 6.56. The number of hydrogen-bond acceptors (Lipinski definition) is 5. The number of benzene rings is 2. The van der Waals surface area contributed by atoms with Crippen LogP contribution < -0.4 is 0 Å². The molecule has 1 aliphatic rings. The molecule has 0 spiro atoms. The van der Waals surface area contributed by atoms with E-state index in [0.29, 0.717) is 5.56 Å². The topological polar surface area (TPSA) is 81.8 Å². The summed E-state index contributed by atoms with van der Waals surface area (Å²) < 4.78 is 6.03. The lowest BCUT2D eigenvalue weighted by molar-refractivity contribution is -0.384. The normalized spacial score (nSPS) is 15.4. The van der Waals surface area contributed by atoms with Crippen LogP contribution in [0.25, 0.3) is 6.08 Å². The number of nitro groups is 1. The molecule has 114 valence electrons. The van der Waals surface area contributed by atoms with Gasteiger partial charge in [-0.3, -0.25) is 10.1 Å². The first-order valence-corrected chi connectivity index (χ1v) is 7.35. The van der Waals surface area contributed by atoms with Crippen LogP contribution in [0.2, 0.25) is 0 Å². The fraction of sp³-hybridized carbons (Fsp3) is 0. The number of hydrogen-bond donors (Lipinski definition) is 0. The molecule has 3 rings (SSSR count). The van der Waals surface area contributed by atoms with E-state index in [1.165, 1.54) is 18.2 Å². The second-order valence-corrected chi connectivity index (χ2v) is 5.61. The molecule has 0 aromatic heterocycles. The fourth-order valence-corrected chi connectivity index (χ4v) is 2.27. The monoisotopic (exact) mass is 372 g/mol. The van der Waals surface area contributed by atoms with Gasteiger partial charge in [0.15, 0.2) is 5.70 Å². The van der Waals surface area contributed by atoms with Crippen molar-refractivity contribution in [2.24, 2.45) is 4.99 Å². The van der Waals surface area contributed by atoms with Crippen LogP contribution in [0.15, 0.2) is 63.7 Å². The van der Waals surface area contributed by atoms with Gasteiger partial charge in [0, 0.05) is 22.2 Å². The smallest absolute Gasteiger partial charge is 0.363 e. The third-order valence-electron chi connectivity index (χ3n) is 3.10. The minimum absolute atomic E-state index is 0.0575. The zero-order valence-corrected chi connectivity index (χ0v) is 13.2. The number of esters is 1. The van der Waals surface area contributed by atoms with Crippen LogP contribution in [0.3, 0.4) is 0 Å². The van der Waals surface area contributed by atoms with Crippen LogP contribution in [0, 0.1) is 10.1 Å². The lowest BCUT2D eigenvalue weighted by Crippen LogP contribution is -2.05. The van der Waals surface area contributed by atoms with E-state index >= 15 is 0 Å². The Hall–Kier alpha value is -2.80. The summed E-state index contributed by atoms with van der Waals surface area (Å²) in [5.41, 5.74) is 1.23. The van der Waals surface area contributed by atoms with E-state index in [4.69, 9.17) is 4.74 Å². The van der Waals surface area contributed by atoms with Gasteiger partial charge in [-0.2, -0.15) is 0 Å². The van der Waals surface area contributed by atoms with Crippen molar-refractivity contribution in [1.29, 1.82) is 0 Å². The summed E-state index contributed by atoms with van der Waals surface area (Å²) in [6.07, 6.45) is 1.60. The highest BCUT2D eigenvalue weighted by atomic mass is 79.9. The molecular formula is C16H9BrN2O4. The number of carbonyl (C=O) groups excluding carboxylic acids is 1. The maximum Gasteiger partial charge on any atom is 0.363 e. The molecule has 23 heavy (non-hydrogen) atoms. The van der Waals surface area contributed by atoms with Gasteiger partial charge in [-0.25, -0.2) is 9.79 Å². The molecule has 0 aliphatic carbocycles. The minimum atomic E-state index is -0.588. The van der Waals surface area contributed by atoms with Gasteiger partial charge in [0.05, 0.1) is 4.92 Å². The van der Waals surface area contributed by atoms with E-state index in [1.807, 2.05) is 24.3 Å². The summed E-state index contributed by atoms with van der Waals surface area (Å²) >= 11 is 3.33. The first kappa shape index (κ1) is 15.1. The van der Waals surface area contributed by atoms with Crippen LogP contribution in [0.5, 0.6) is 0 Å². The molecule has 0 unspecified atom stereocenters. The molecule has 0 radical (unpaired) electrons. The Balaban J connectivity index is 1.93. The van der Waals surface area contributed by atoms with Gasteiger partial charge in [-0.15, -0.1) is 0 Å². The molecule has 0 fully saturated rings. The largest absolute Gasteiger partial charge is 0.402 e. The summed E-state index contributed by atoms with van der Waals surface area (Å²) in [5.74, 6) is -0.531. The van der Waals surface area contributed by atoms with Gasteiger partial charge in [0.25, 0.3) is 5.69 Å². The van der Waals surface area contributed by atoms with Crippen molar-refractivity contribution in [3.8, 4) is 0 Å². The Bertz CT molecular complexity index is 857. The third kappa shape index (κ3) is 3.35. The van der Waals surface area contributed by atoms with E-state index in [1.54, 1.807) is 12.1 Å². The van der Waals surface area contributed by atoms with Gasteiger partial charge in [-0.05, 0) is 29.8 Å². The number of nitrogens with zero attached hydrogens (tertiary/aromatic N) is 2. The molecule has 6 nitrogen and oxygen atoms in total. The zero-order valence-electron chi connectivity index (χ0n) is 11.6. The Morgan fingerprint density at radius 3 is 2.61 bits per heavy atom. The van der Waals surface area contributed by atoms with Crippen molar-refractivity contribution in [2.45, 2.75) is 0 Å². The first-order chi connectivity index (χ1) is 11.0. The Morgan fingerprint density at radius 2 is 1.91 bits per heavy atom. The number of cyclic esters (lactones) is 1. The number of non-ortho nitro benzene ring substituents is 1. The number of carbonyl (C=O) groups is 1. The summed E-state index contributed by atoms with van der Waals surface area (Å²) in [5, 5.41) is 10.8. The molecule has 1 heterocycles. The van der Waals surface area contributed by atoms with Crippen LogP contribution >= 0.6 is 15.9 Å². The number of halogens is 1. The number of rotatable bonds is 3. The summed E-state index contributed by atoms with van der Waals surface area (Å²) in [4.78, 5) is 26.3. The molecule has 2 aromatic rings. The Labute approximate surface area is 139 Å². The highest BCUT2D eigenvalue weighted by molar-refractivity contribution is 9.10. The maximum absolute atomic E-state index is 11.9. The van der Waals surface area contributed by atoms with Crippen molar-refractivity contribution >= 4 is 39.6 Å². The summed E-state index contributed by atoms with van der Waals surface area (Å²) in [6, 6.07) is 13.1. The second kappa shape index (κ2) is 6.13. The standard InChI is InChI=1S/C16H9BrN2O4/c17-12-6-4-10(5-7-12)8-14-16(20)23-15(18-14)11-2-1-3-13(9-11)19(21)22/h1-9H/b14-8-. The number of ether oxygens (including phenoxy) is 1. The highest BCUT2D eigenvalue weighted by Gasteiger charge is 2.25. The van der Waals surface area contributed by atoms with Gasteiger partial charge in [-0.1, -0.05) is 34.1 Å². The van der Waals surface area contributed by atoms with Gasteiger partial charge in [0.1, 0.15) is 0 Å². The van der Waals surface area contributed by atoms with Gasteiger partial charge in [0.2, 0.25) is 5.90 Å². The molecule has 1 aliphatic heterocycles. The van der Waals surface area contributed by atoms with E-state index in [9.17, 15) is 14.9 Å². The predicted octanol–water partition coefficient (Wildman–Crippen LogP) is 3.70. The van der Waals surface area contributed by atoms with Crippen LogP contribution in [-0.4, -0.2) is 16.8 Å². The van der Waals surface area contributed by atoms with Gasteiger partial charge >= 0.3 is 5.97 Å². The lowest BCUT2D eigenvalue weighted by atomic mass is 10.2. The molecule has 0 saturated heterocycles. The van der Waals surface area contributed by atoms with E-state index in [2.05, 4.69) is 20.9 Å². The molecule has 7 heteroatoms. The van der Waals surface area contributed by atoms with Crippen molar-refractivity contribution in [2.75, 3.05) is 0 Å². The molecule has 0 amide bonds. The van der Waals surface area contributed by atoms with Crippen LogP contribution in [-0.2, 0) is 9.53 Å². The molecule has 2 aromatic carbocycles. The van der Waals surface area contributed by atoms with Crippen molar-refractivity contribution in [1.82, 2.24) is 0 Å². The second-order valence-electron chi connectivity index (χ2n) is 4.70. The molecule has 0 bridgehead atoms. The molecular weight excluding hydrogens is 364 g/mol. The zero-order chi connectivity index (χ0) is 16.4. The summed E-state index contributed by atoms with van der Waals surface area (Å²) in [6.45, 7) is 0. The van der Waals surface area contributed by atoms with Crippen molar-refractivity contribution in [3.05, 3.63) is 79.9 Å².